The molecule has 1 aromatic carbocycles. The first-order chi connectivity index (χ1) is 11.9. The van der Waals surface area contributed by atoms with Crippen LogP contribution in [0.25, 0.3) is 10.9 Å². The average molecular weight is 368 g/mol. The van der Waals surface area contributed by atoms with E-state index < -0.39 is 45.3 Å². The van der Waals surface area contributed by atoms with Gasteiger partial charge in [0.2, 0.25) is 5.43 Å². The molecule has 0 atom stereocenters. The third-order valence-corrected chi connectivity index (χ3v) is 4.25. The van der Waals surface area contributed by atoms with E-state index in [4.69, 9.17) is 4.74 Å². The number of carbonyl (C=O) groups is 1. The highest BCUT2D eigenvalue weighted by Gasteiger charge is 2.23. The first-order valence-corrected chi connectivity index (χ1v) is 8.08. The average Bonchev–Trinajstić information content (AvgIpc) is 3.08. The van der Waals surface area contributed by atoms with E-state index in [1.165, 1.54) is 17.5 Å². The third-order valence-electron chi connectivity index (χ3n) is 3.48. The van der Waals surface area contributed by atoms with Crippen molar-refractivity contribution in [2.75, 3.05) is 6.61 Å². The summed E-state index contributed by atoms with van der Waals surface area (Å²) >= 11 is 1.25. The van der Waals surface area contributed by atoms with Crippen LogP contribution in [0.4, 0.5) is 13.2 Å². The molecule has 5 nitrogen and oxygen atoms in total. The Labute approximate surface area is 143 Å². The first kappa shape index (κ1) is 17.2. The number of nitrogens with zero attached hydrogens (tertiary/aromatic N) is 2. The van der Waals surface area contributed by atoms with Crippen molar-refractivity contribution in [1.29, 1.82) is 0 Å². The highest BCUT2D eigenvalue weighted by Crippen LogP contribution is 2.23. The Morgan fingerprint density at radius 1 is 1.32 bits per heavy atom. The van der Waals surface area contributed by atoms with Crippen LogP contribution in [0, 0.1) is 17.5 Å². The fraction of sp³-hybridized carbons (Fsp3) is 0.188. The van der Waals surface area contributed by atoms with Gasteiger partial charge in [-0.1, -0.05) is 0 Å². The summed E-state index contributed by atoms with van der Waals surface area (Å²) in [7, 11) is 0. The van der Waals surface area contributed by atoms with Crippen LogP contribution in [-0.4, -0.2) is 22.1 Å². The monoisotopic (exact) mass is 368 g/mol. The van der Waals surface area contributed by atoms with E-state index in [-0.39, 0.29) is 13.2 Å². The molecule has 0 amide bonds. The predicted octanol–water partition coefficient (Wildman–Crippen LogP) is 3.10. The molecule has 0 aliphatic heterocycles. The van der Waals surface area contributed by atoms with Gasteiger partial charge in [0.05, 0.1) is 24.1 Å². The van der Waals surface area contributed by atoms with Crippen LogP contribution in [0.15, 0.2) is 28.6 Å². The second-order valence-electron chi connectivity index (χ2n) is 5.03. The van der Waals surface area contributed by atoms with E-state index in [2.05, 4.69) is 4.98 Å². The molecule has 25 heavy (non-hydrogen) atoms. The van der Waals surface area contributed by atoms with Crippen LogP contribution in [-0.2, 0) is 11.3 Å². The highest BCUT2D eigenvalue weighted by atomic mass is 32.1. The molecule has 0 aliphatic rings. The van der Waals surface area contributed by atoms with Crippen LogP contribution in [0.1, 0.15) is 22.3 Å². The normalized spacial score (nSPS) is 11.0. The summed E-state index contributed by atoms with van der Waals surface area (Å²) in [5.41, 5.74) is -1.76. The lowest BCUT2D eigenvalue weighted by Crippen LogP contribution is -2.22. The summed E-state index contributed by atoms with van der Waals surface area (Å²) in [6.07, 6.45) is 2.60. The number of aromatic nitrogens is 2. The van der Waals surface area contributed by atoms with Gasteiger partial charge in [-0.3, -0.25) is 4.79 Å². The Hall–Kier alpha value is -2.68. The second kappa shape index (κ2) is 6.67. The number of esters is 1. The number of fused-ring (bicyclic) bond motifs is 1. The maximum absolute atomic E-state index is 14.3. The van der Waals surface area contributed by atoms with E-state index in [1.807, 2.05) is 0 Å². The third kappa shape index (κ3) is 3.02. The molecule has 0 unspecified atom stereocenters. The Balaban J connectivity index is 2.34. The largest absolute Gasteiger partial charge is 0.462 e. The second-order valence-corrected chi connectivity index (χ2v) is 6.01. The number of pyridine rings is 1. The standard InChI is InChI=1S/C16H11F3N2O3S/c1-2-24-16(23)9-6-21(7-11-20-3-4-25-11)14-8(15(9)22)5-10(17)12(18)13(14)19/h3-6H,2,7H2,1H3. The number of thiazole rings is 1. The van der Waals surface area contributed by atoms with Crippen molar-refractivity contribution >= 4 is 28.2 Å². The zero-order chi connectivity index (χ0) is 18.1. The Kier molecular flexibility index (Phi) is 4.58. The van der Waals surface area contributed by atoms with E-state index in [0.29, 0.717) is 11.1 Å². The molecule has 0 aliphatic carbocycles. The molecular weight excluding hydrogens is 357 g/mol. The number of benzene rings is 1. The minimum Gasteiger partial charge on any atom is -0.462 e. The molecule has 0 saturated carbocycles. The fourth-order valence-electron chi connectivity index (χ4n) is 2.42. The molecular formula is C16H11F3N2O3S. The van der Waals surface area contributed by atoms with Crippen LogP contribution in [0.2, 0.25) is 0 Å². The van der Waals surface area contributed by atoms with Crippen LogP contribution in [0.3, 0.4) is 0 Å². The van der Waals surface area contributed by atoms with Crippen molar-refractivity contribution in [2.45, 2.75) is 13.5 Å². The number of hydrogen-bond donors (Lipinski definition) is 0. The van der Waals surface area contributed by atoms with Crippen molar-refractivity contribution in [2.24, 2.45) is 0 Å². The minimum atomic E-state index is -1.69. The lowest BCUT2D eigenvalue weighted by atomic mass is 10.1. The van der Waals surface area contributed by atoms with Gasteiger partial charge in [-0.2, -0.15) is 0 Å². The Morgan fingerprint density at radius 3 is 2.72 bits per heavy atom. The zero-order valence-corrected chi connectivity index (χ0v) is 13.7. The molecule has 2 aromatic heterocycles. The van der Waals surface area contributed by atoms with Crippen LogP contribution >= 0.6 is 11.3 Å². The summed E-state index contributed by atoms with van der Waals surface area (Å²) in [4.78, 5) is 28.5. The summed E-state index contributed by atoms with van der Waals surface area (Å²) < 4.78 is 47.5. The van der Waals surface area contributed by atoms with Crippen molar-refractivity contribution in [3.63, 3.8) is 0 Å². The van der Waals surface area contributed by atoms with E-state index >= 15 is 0 Å². The summed E-state index contributed by atoms with van der Waals surface area (Å²) in [6.45, 7) is 1.56. The lowest BCUT2D eigenvalue weighted by molar-refractivity contribution is 0.0524. The molecule has 0 spiro atoms. The van der Waals surface area contributed by atoms with Crippen molar-refractivity contribution < 1.29 is 22.7 Å². The van der Waals surface area contributed by atoms with Gasteiger partial charge in [0.1, 0.15) is 10.6 Å². The molecule has 0 fully saturated rings. The molecule has 0 N–H and O–H groups in total. The highest BCUT2D eigenvalue weighted by molar-refractivity contribution is 7.09. The first-order valence-electron chi connectivity index (χ1n) is 7.20. The molecule has 130 valence electrons. The van der Waals surface area contributed by atoms with E-state index in [1.54, 1.807) is 12.3 Å². The molecule has 0 bridgehead atoms. The molecule has 9 heteroatoms. The van der Waals surface area contributed by atoms with Crippen LogP contribution in [0.5, 0.6) is 0 Å². The summed E-state index contributed by atoms with van der Waals surface area (Å²) in [5.74, 6) is -5.63. The smallest absolute Gasteiger partial charge is 0.343 e. The van der Waals surface area contributed by atoms with Gasteiger partial charge >= 0.3 is 5.97 Å². The van der Waals surface area contributed by atoms with Crippen molar-refractivity contribution in [3.05, 3.63) is 62.1 Å². The van der Waals surface area contributed by atoms with Gasteiger partial charge in [-0.15, -0.1) is 11.3 Å². The Bertz CT molecular complexity index is 1020. The van der Waals surface area contributed by atoms with Gasteiger partial charge in [0, 0.05) is 17.8 Å². The lowest BCUT2D eigenvalue weighted by Gasteiger charge is -2.13. The molecule has 3 rings (SSSR count). The van der Waals surface area contributed by atoms with Gasteiger partial charge < -0.3 is 9.30 Å². The number of halogens is 3. The maximum Gasteiger partial charge on any atom is 0.343 e. The van der Waals surface area contributed by atoms with Crippen LogP contribution < -0.4 is 5.43 Å². The molecule has 3 aromatic rings. The molecule has 0 radical (unpaired) electrons. The number of carbonyl (C=O) groups excluding carboxylic acids is 1. The minimum absolute atomic E-state index is 0.0227. The van der Waals surface area contributed by atoms with Gasteiger partial charge in [0.25, 0.3) is 0 Å². The SMILES string of the molecule is CCOC(=O)c1cn(Cc2nccs2)c2c(F)c(F)c(F)cc2c1=O. The van der Waals surface area contributed by atoms with E-state index in [9.17, 15) is 22.8 Å². The fourth-order valence-corrected chi connectivity index (χ4v) is 3.03. The van der Waals surface area contributed by atoms with E-state index in [0.717, 1.165) is 10.8 Å². The van der Waals surface area contributed by atoms with Gasteiger partial charge in [-0.25, -0.2) is 22.9 Å². The summed E-state index contributed by atoms with van der Waals surface area (Å²) in [5, 5.41) is 1.77. The number of rotatable bonds is 4. The van der Waals surface area contributed by atoms with Crippen molar-refractivity contribution in [1.82, 2.24) is 9.55 Å². The number of ether oxygens (including phenoxy) is 1. The van der Waals surface area contributed by atoms with Gasteiger partial charge in [-0.05, 0) is 13.0 Å². The predicted molar refractivity (Wildman–Crippen MR) is 85.3 cm³/mol. The quantitative estimate of drug-likeness (QED) is 0.524. The number of hydrogen-bond acceptors (Lipinski definition) is 5. The maximum atomic E-state index is 14.3. The molecule has 2 heterocycles. The van der Waals surface area contributed by atoms with Crippen molar-refractivity contribution in [3.8, 4) is 0 Å². The zero-order valence-electron chi connectivity index (χ0n) is 12.9. The molecule has 0 saturated heterocycles. The van der Waals surface area contributed by atoms with Gasteiger partial charge in [0.15, 0.2) is 17.5 Å². The topological polar surface area (TPSA) is 61.2 Å². The Morgan fingerprint density at radius 2 is 2.08 bits per heavy atom. The summed E-state index contributed by atoms with van der Waals surface area (Å²) in [6, 6.07) is 0.581.